The lowest BCUT2D eigenvalue weighted by Crippen LogP contribution is -2.07. The molecule has 9 heteroatoms. The minimum Gasteiger partial charge on any atom is -0.497 e. The molecule has 0 saturated carbocycles. The van der Waals surface area contributed by atoms with Crippen molar-refractivity contribution in [1.82, 2.24) is 9.55 Å². The molecule has 0 amide bonds. The SMILES string of the molecule is COc1ccc2c(c1)ncn2CCOc1ccc2c(=O)cc(-c3cc(OC)c(OC)c(OC)c3)oc2c1. The highest BCUT2D eigenvalue weighted by Gasteiger charge is 2.16. The molecule has 190 valence electrons. The molecule has 0 aliphatic carbocycles. The van der Waals surface area contributed by atoms with Crippen LogP contribution < -0.4 is 29.1 Å². The van der Waals surface area contributed by atoms with E-state index in [0.29, 0.717) is 58.4 Å². The Hall–Kier alpha value is -4.66. The summed E-state index contributed by atoms with van der Waals surface area (Å²) in [5.74, 6) is 3.09. The molecule has 2 heterocycles. The Morgan fingerprint density at radius 2 is 1.59 bits per heavy atom. The van der Waals surface area contributed by atoms with Crippen molar-refractivity contribution in [2.45, 2.75) is 6.54 Å². The summed E-state index contributed by atoms with van der Waals surface area (Å²) in [6.45, 7) is 0.996. The molecule has 0 atom stereocenters. The second-order valence-corrected chi connectivity index (χ2v) is 8.19. The molecule has 0 aliphatic heterocycles. The van der Waals surface area contributed by atoms with Gasteiger partial charge in [-0.15, -0.1) is 0 Å². The summed E-state index contributed by atoms with van der Waals surface area (Å²) in [4.78, 5) is 17.3. The molecule has 0 bridgehead atoms. The molecule has 0 N–H and O–H groups in total. The first-order chi connectivity index (χ1) is 18.0. The highest BCUT2D eigenvalue weighted by atomic mass is 16.5. The fourth-order valence-electron chi connectivity index (χ4n) is 4.20. The predicted molar refractivity (Wildman–Crippen MR) is 139 cm³/mol. The molecule has 0 radical (unpaired) electrons. The van der Waals surface area contributed by atoms with Crippen LogP contribution in [0.1, 0.15) is 0 Å². The van der Waals surface area contributed by atoms with E-state index in [9.17, 15) is 4.79 Å². The molecule has 9 nitrogen and oxygen atoms in total. The Labute approximate surface area is 212 Å². The molecule has 0 unspecified atom stereocenters. The van der Waals surface area contributed by atoms with Crippen LogP contribution in [0.5, 0.6) is 28.7 Å². The first kappa shape index (κ1) is 24.1. The van der Waals surface area contributed by atoms with Gasteiger partial charge in [0.15, 0.2) is 16.9 Å². The lowest BCUT2D eigenvalue weighted by Gasteiger charge is -2.14. The third-order valence-electron chi connectivity index (χ3n) is 6.08. The third kappa shape index (κ3) is 4.63. The predicted octanol–water partition coefficient (Wildman–Crippen LogP) is 4.92. The number of ether oxygens (including phenoxy) is 5. The van der Waals surface area contributed by atoms with E-state index in [1.54, 1.807) is 43.8 Å². The van der Waals surface area contributed by atoms with Crippen LogP contribution in [-0.2, 0) is 6.54 Å². The minimum atomic E-state index is -0.170. The number of nitrogens with zero attached hydrogens (tertiary/aromatic N) is 2. The van der Waals surface area contributed by atoms with Gasteiger partial charge in [0.25, 0.3) is 0 Å². The first-order valence-electron chi connectivity index (χ1n) is 11.5. The van der Waals surface area contributed by atoms with Gasteiger partial charge in [-0.25, -0.2) is 4.98 Å². The van der Waals surface area contributed by atoms with Gasteiger partial charge in [0.1, 0.15) is 29.4 Å². The molecular formula is C28H26N2O7. The average molecular weight is 503 g/mol. The van der Waals surface area contributed by atoms with Crippen molar-refractivity contribution < 1.29 is 28.1 Å². The van der Waals surface area contributed by atoms with Gasteiger partial charge in [-0.1, -0.05) is 0 Å². The monoisotopic (exact) mass is 502 g/mol. The molecule has 0 aliphatic rings. The van der Waals surface area contributed by atoms with E-state index in [1.807, 2.05) is 22.8 Å². The van der Waals surface area contributed by atoms with Crippen molar-refractivity contribution in [2.75, 3.05) is 35.0 Å². The van der Waals surface area contributed by atoms with Crippen molar-refractivity contribution in [1.29, 1.82) is 0 Å². The molecule has 3 aromatic carbocycles. The molecule has 37 heavy (non-hydrogen) atoms. The highest BCUT2D eigenvalue weighted by molar-refractivity contribution is 5.81. The third-order valence-corrected chi connectivity index (χ3v) is 6.08. The van der Waals surface area contributed by atoms with Crippen molar-refractivity contribution >= 4 is 22.0 Å². The largest absolute Gasteiger partial charge is 0.497 e. The number of benzene rings is 3. The van der Waals surface area contributed by atoms with Gasteiger partial charge >= 0.3 is 0 Å². The van der Waals surface area contributed by atoms with Crippen LogP contribution in [0.25, 0.3) is 33.3 Å². The first-order valence-corrected chi connectivity index (χ1v) is 11.5. The summed E-state index contributed by atoms with van der Waals surface area (Å²) in [5, 5.41) is 0.457. The number of hydrogen-bond acceptors (Lipinski definition) is 8. The zero-order valence-electron chi connectivity index (χ0n) is 20.9. The van der Waals surface area contributed by atoms with Crippen molar-refractivity contribution in [3.63, 3.8) is 0 Å². The lowest BCUT2D eigenvalue weighted by molar-refractivity contribution is 0.300. The van der Waals surface area contributed by atoms with Gasteiger partial charge in [0, 0.05) is 23.8 Å². The summed E-state index contributed by atoms with van der Waals surface area (Å²) >= 11 is 0. The maximum Gasteiger partial charge on any atom is 0.203 e. The summed E-state index contributed by atoms with van der Waals surface area (Å²) in [5.41, 5.74) is 2.70. The number of methoxy groups -OCH3 is 4. The summed E-state index contributed by atoms with van der Waals surface area (Å²) < 4.78 is 35.6. The molecule has 5 aromatic rings. The average Bonchev–Trinajstić information content (AvgIpc) is 3.33. The van der Waals surface area contributed by atoms with Crippen LogP contribution in [0.2, 0.25) is 0 Å². The molecule has 0 spiro atoms. The van der Waals surface area contributed by atoms with Gasteiger partial charge < -0.3 is 32.7 Å². The quantitative estimate of drug-likeness (QED) is 0.280. The van der Waals surface area contributed by atoms with E-state index in [2.05, 4.69) is 4.98 Å². The maximum absolute atomic E-state index is 12.8. The Balaban J connectivity index is 1.40. The topological polar surface area (TPSA) is 94.2 Å². The summed E-state index contributed by atoms with van der Waals surface area (Å²) in [6.07, 6.45) is 1.77. The van der Waals surface area contributed by atoms with E-state index in [0.717, 1.165) is 16.8 Å². The molecule has 0 fully saturated rings. The van der Waals surface area contributed by atoms with Crippen molar-refractivity contribution in [3.8, 4) is 40.1 Å². The van der Waals surface area contributed by atoms with Crippen LogP contribution in [0.15, 0.2) is 70.1 Å². The van der Waals surface area contributed by atoms with Crippen molar-refractivity contribution in [2.24, 2.45) is 0 Å². The van der Waals surface area contributed by atoms with E-state index < -0.39 is 0 Å². The zero-order valence-corrected chi connectivity index (χ0v) is 20.9. The molecular weight excluding hydrogens is 476 g/mol. The smallest absolute Gasteiger partial charge is 0.203 e. The Kier molecular flexibility index (Phi) is 6.59. The van der Waals surface area contributed by atoms with Crippen molar-refractivity contribution in [3.05, 3.63) is 71.1 Å². The highest BCUT2D eigenvalue weighted by Crippen LogP contribution is 2.41. The number of fused-ring (bicyclic) bond motifs is 2. The van der Waals surface area contributed by atoms with E-state index in [-0.39, 0.29) is 5.43 Å². The van der Waals surface area contributed by atoms with Crippen LogP contribution in [0.3, 0.4) is 0 Å². The van der Waals surface area contributed by atoms with Crippen LogP contribution in [0.4, 0.5) is 0 Å². The van der Waals surface area contributed by atoms with Gasteiger partial charge in [0.05, 0.1) is 57.7 Å². The second kappa shape index (κ2) is 10.1. The normalized spacial score (nSPS) is 11.0. The van der Waals surface area contributed by atoms with Gasteiger partial charge in [-0.2, -0.15) is 0 Å². The van der Waals surface area contributed by atoms with Crippen LogP contribution in [-0.4, -0.2) is 44.6 Å². The lowest BCUT2D eigenvalue weighted by atomic mass is 10.1. The van der Waals surface area contributed by atoms with E-state index in [1.165, 1.54) is 27.4 Å². The van der Waals surface area contributed by atoms with Gasteiger partial charge in [0.2, 0.25) is 5.75 Å². The minimum absolute atomic E-state index is 0.170. The molecule has 0 saturated heterocycles. The molecule has 2 aromatic heterocycles. The Morgan fingerprint density at radius 3 is 2.30 bits per heavy atom. The Bertz CT molecular complexity index is 1610. The number of rotatable bonds is 9. The number of imidazole rings is 1. The summed E-state index contributed by atoms with van der Waals surface area (Å²) in [7, 11) is 6.23. The number of hydrogen-bond donors (Lipinski definition) is 0. The van der Waals surface area contributed by atoms with Crippen LogP contribution >= 0.6 is 0 Å². The molecule has 5 rings (SSSR count). The van der Waals surface area contributed by atoms with Gasteiger partial charge in [-0.05, 0) is 36.4 Å². The number of aromatic nitrogens is 2. The maximum atomic E-state index is 12.8. The van der Waals surface area contributed by atoms with Gasteiger partial charge in [-0.3, -0.25) is 4.79 Å². The van der Waals surface area contributed by atoms with Crippen LogP contribution in [0, 0.1) is 0 Å². The summed E-state index contributed by atoms with van der Waals surface area (Å²) in [6, 6.07) is 15.9. The second-order valence-electron chi connectivity index (χ2n) is 8.19. The zero-order chi connectivity index (χ0) is 25.9. The Morgan fingerprint density at radius 1 is 0.838 bits per heavy atom. The standard InChI is InChI=1S/C28H26N2O7/c1-32-18-6-8-22-21(13-18)29-16-30(22)9-10-36-19-5-7-20-23(31)15-24(37-25(20)14-19)17-11-26(33-2)28(35-4)27(12-17)34-3/h5-8,11-16H,9-10H2,1-4H3. The van der Waals surface area contributed by atoms with E-state index >= 15 is 0 Å². The van der Waals surface area contributed by atoms with E-state index in [4.69, 9.17) is 28.1 Å². The fourth-order valence-corrected chi connectivity index (χ4v) is 4.20. The fraction of sp³-hybridized carbons (Fsp3) is 0.214.